The summed E-state index contributed by atoms with van der Waals surface area (Å²) in [4.78, 5) is 1.07. The quantitative estimate of drug-likeness (QED) is 0.723. The topological polar surface area (TPSA) is 24.1 Å². The van der Waals surface area contributed by atoms with Crippen LogP contribution in [0, 0.1) is 11.3 Å². The number of hydrogen-bond donors (Lipinski definition) is 2. The van der Waals surface area contributed by atoms with Crippen LogP contribution in [-0.2, 0) is 0 Å². The van der Waals surface area contributed by atoms with Crippen LogP contribution in [-0.4, -0.2) is 18.0 Å². The minimum atomic E-state index is 0.388. The molecule has 1 atom stereocenters. The van der Waals surface area contributed by atoms with Gasteiger partial charge in [0.15, 0.2) is 0 Å². The molecule has 0 spiro atoms. The van der Waals surface area contributed by atoms with Gasteiger partial charge in [-0.05, 0) is 18.8 Å². The summed E-state index contributed by atoms with van der Waals surface area (Å²) in [7, 11) is 0. The van der Waals surface area contributed by atoms with Crippen molar-refractivity contribution in [1.82, 2.24) is 10.6 Å². The van der Waals surface area contributed by atoms with E-state index in [9.17, 15) is 0 Å². The van der Waals surface area contributed by atoms with E-state index in [0.29, 0.717) is 11.3 Å². The molecule has 2 nitrogen and oxygen atoms in total. The number of hydrogen-bond acceptors (Lipinski definition) is 3. The van der Waals surface area contributed by atoms with Crippen molar-refractivity contribution in [3.8, 4) is 0 Å². The van der Waals surface area contributed by atoms with Crippen LogP contribution in [0.3, 0.4) is 0 Å². The zero-order chi connectivity index (χ0) is 12.3. The highest BCUT2D eigenvalue weighted by molar-refractivity contribution is 7.81. The molecule has 1 aliphatic rings. The van der Waals surface area contributed by atoms with Gasteiger partial charge in [-0.3, -0.25) is 0 Å². The second kappa shape index (κ2) is 5.17. The van der Waals surface area contributed by atoms with Gasteiger partial charge in [0.1, 0.15) is 0 Å². The molecular weight excluding hydrogens is 216 g/mol. The summed E-state index contributed by atoms with van der Waals surface area (Å²) in [6.07, 6.45) is 1.18. The van der Waals surface area contributed by atoms with E-state index < -0.39 is 0 Å². The Morgan fingerprint density at radius 1 is 1.25 bits per heavy atom. The third kappa shape index (κ3) is 3.21. The van der Waals surface area contributed by atoms with Crippen molar-refractivity contribution in [2.75, 3.05) is 13.1 Å². The van der Waals surface area contributed by atoms with Crippen LogP contribution in [0.4, 0.5) is 0 Å². The minimum Gasteiger partial charge on any atom is -0.386 e. The first-order valence-corrected chi connectivity index (χ1v) is 6.53. The van der Waals surface area contributed by atoms with E-state index in [1.54, 1.807) is 0 Å². The van der Waals surface area contributed by atoms with Crippen molar-refractivity contribution in [3.63, 3.8) is 0 Å². The predicted octanol–water partition coefficient (Wildman–Crippen LogP) is 2.85. The molecule has 0 aliphatic heterocycles. The maximum absolute atomic E-state index is 5.33. The van der Waals surface area contributed by atoms with E-state index in [-0.39, 0.29) is 0 Å². The van der Waals surface area contributed by atoms with Crippen LogP contribution in [0.5, 0.6) is 0 Å². The molecular formula is C13H24N2S. The van der Waals surface area contributed by atoms with Crippen LogP contribution in [0.1, 0.15) is 41.0 Å². The maximum atomic E-state index is 5.33. The molecule has 0 aromatic heterocycles. The second-order valence-corrected chi connectivity index (χ2v) is 6.08. The first kappa shape index (κ1) is 13.5. The highest BCUT2D eigenvalue weighted by atomic mass is 32.1. The van der Waals surface area contributed by atoms with Crippen LogP contribution in [0.2, 0.25) is 0 Å². The van der Waals surface area contributed by atoms with Crippen molar-refractivity contribution in [2.45, 2.75) is 41.0 Å². The first-order chi connectivity index (χ1) is 7.37. The van der Waals surface area contributed by atoms with Gasteiger partial charge in [-0.25, -0.2) is 0 Å². The predicted molar refractivity (Wildman–Crippen MR) is 74.5 cm³/mol. The summed E-state index contributed by atoms with van der Waals surface area (Å²) in [5, 5.41) is 6.86. The molecule has 3 heteroatoms. The van der Waals surface area contributed by atoms with Gasteiger partial charge in [0.2, 0.25) is 0 Å². The van der Waals surface area contributed by atoms with Gasteiger partial charge < -0.3 is 10.6 Å². The smallest absolute Gasteiger partial charge is 0.0688 e. The van der Waals surface area contributed by atoms with Gasteiger partial charge in [0, 0.05) is 29.6 Å². The van der Waals surface area contributed by atoms with Gasteiger partial charge in [0.05, 0.1) is 5.70 Å². The Morgan fingerprint density at radius 3 is 2.38 bits per heavy atom. The number of nitrogens with one attached hydrogen (secondary N) is 2. The van der Waals surface area contributed by atoms with Gasteiger partial charge in [0.25, 0.3) is 0 Å². The third-order valence-corrected chi connectivity index (χ3v) is 3.44. The Bertz CT molecular complexity index is 300. The monoisotopic (exact) mass is 240 g/mol. The molecule has 0 bridgehead atoms. The fourth-order valence-electron chi connectivity index (χ4n) is 1.79. The largest absolute Gasteiger partial charge is 0.386 e. The van der Waals surface area contributed by atoms with Gasteiger partial charge in [-0.2, -0.15) is 0 Å². The molecule has 0 amide bonds. The molecule has 1 rings (SSSR count). The second-order valence-electron chi connectivity index (χ2n) is 5.64. The Morgan fingerprint density at radius 2 is 1.88 bits per heavy atom. The van der Waals surface area contributed by atoms with E-state index in [4.69, 9.17) is 12.2 Å². The fourth-order valence-corrected chi connectivity index (χ4v) is 2.09. The summed E-state index contributed by atoms with van der Waals surface area (Å²) < 4.78 is 0. The summed E-state index contributed by atoms with van der Waals surface area (Å²) >= 11 is 5.33. The molecule has 0 radical (unpaired) electrons. The van der Waals surface area contributed by atoms with Crippen LogP contribution in [0.25, 0.3) is 0 Å². The SMILES string of the molecule is CCNC1=C(NCCC(C)(C)C)C(C)C1=S. The van der Waals surface area contributed by atoms with E-state index in [1.165, 1.54) is 17.8 Å². The molecule has 0 aromatic carbocycles. The molecule has 16 heavy (non-hydrogen) atoms. The Labute approximate surface area is 105 Å². The van der Waals surface area contributed by atoms with Crippen molar-refractivity contribution < 1.29 is 0 Å². The molecule has 1 aliphatic carbocycles. The average Bonchev–Trinajstić information content (AvgIpc) is 2.20. The third-order valence-electron chi connectivity index (χ3n) is 2.89. The van der Waals surface area contributed by atoms with E-state index in [2.05, 4.69) is 45.3 Å². The molecule has 0 saturated heterocycles. The highest BCUT2D eigenvalue weighted by Gasteiger charge is 2.31. The molecule has 2 N–H and O–H groups in total. The van der Waals surface area contributed by atoms with Crippen molar-refractivity contribution >= 4 is 17.1 Å². The first-order valence-electron chi connectivity index (χ1n) is 6.13. The average molecular weight is 240 g/mol. The summed E-state index contributed by atoms with van der Waals surface area (Å²) in [6, 6.07) is 0. The van der Waals surface area contributed by atoms with Gasteiger partial charge >= 0.3 is 0 Å². The van der Waals surface area contributed by atoms with E-state index in [1.807, 2.05) is 0 Å². The number of allylic oxidation sites excluding steroid dienone is 2. The number of rotatable bonds is 5. The minimum absolute atomic E-state index is 0.388. The zero-order valence-electron chi connectivity index (χ0n) is 11.1. The Balaban J connectivity index is 2.49. The van der Waals surface area contributed by atoms with Crippen LogP contribution >= 0.6 is 12.2 Å². The summed E-state index contributed by atoms with van der Waals surface area (Å²) in [5.74, 6) is 0.420. The maximum Gasteiger partial charge on any atom is 0.0688 e. The Kier molecular flexibility index (Phi) is 4.36. The van der Waals surface area contributed by atoms with Crippen LogP contribution in [0.15, 0.2) is 11.4 Å². The van der Waals surface area contributed by atoms with Crippen molar-refractivity contribution in [2.24, 2.45) is 11.3 Å². The lowest BCUT2D eigenvalue weighted by Gasteiger charge is -2.34. The molecule has 92 valence electrons. The summed E-state index contributed by atoms with van der Waals surface area (Å²) in [5.41, 5.74) is 2.86. The summed E-state index contributed by atoms with van der Waals surface area (Å²) in [6.45, 7) is 13.0. The van der Waals surface area contributed by atoms with Crippen molar-refractivity contribution in [1.29, 1.82) is 0 Å². The van der Waals surface area contributed by atoms with E-state index >= 15 is 0 Å². The zero-order valence-corrected chi connectivity index (χ0v) is 11.9. The molecule has 0 saturated carbocycles. The van der Waals surface area contributed by atoms with Crippen molar-refractivity contribution in [3.05, 3.63) is 11.4 Å². The van der Waals surface area contributed by atoms with E-state index in [0.717, 1.165) is 18.0 Å². The lowest BCUT2D eigenvalue weighted by molar-refractivity contribution is 0.370. The van der Waals surface area contributed by atoms with Gasteiger partial charge in [-0.15, -0.1) is 0 Å². The Hall–Kier alpha value is -0.570. The van der Waals surface area contributed by atoms with Crippen LogP contribution < -0.4 is 10.6 Å². The lowest BCUT2D eigenvalue weighted by atomic mass is 9.87. The molecule has 0 fully saturated rings. The highest BCUT2D eigenvalue weighted by Crippen LogP contribution is 2.28. The normalized spacial score (nSPS) is 20.8. The molecule has 0 heterocycles. The lowest BCUT2D eigenvalue weighted by Crippen LogP contribution is -2.42. The molecule has 0 aromatic rings. The fraction of sp³-hybridized carbons (Fsp3) is 0.769. The van der Waals surface area contributed by atoms with Gasteiger partial charge in [-0.1, -0.05) is 39.9 Å². The standard InChI is InChI=1S/C13H24N2S/c1-6-14-11-10(9(2)12(11)16)15-8-7-13(3,4)5/h9,14-15H,6-8H2,1-5H3. The number of thiocarbonyl (C=S) groups is 1. The molecule has 1 unspecified atom stereocenters.